The van der Waals surface area contributed by atoms with E-state index in [1.807, 2.05) is 25.1 Å². The Morgan fingerprint density at radius 1 is 0.947 bits per heavy atom. The van der Waals surface area contributed by atoms with E-state index >= 15 is 0 Å². The van der Waals surface area contributed by atoms with Crippen LogP contribution in [0.4, 0.5) is 4.79 Å². The van der Waals surface area contributed by atoms with Crippen molar-refractivity contribution in [2.75, 3.05) is 0 Å². The van der Waals surface area contributed by atoms with Crippen molar-refractivity contribution in [3.05, 3.63) is 59.7 Å². The molecule has 4 heteroatoms. The molecule has 4 nitrogen and oxygen atoms in total. The van der Waals surface area contributed by atoms with Crippen LogP contribution in [0, 0.1) is 18.3 Å². The number of aryl methyl sites for hydroxylation is 1. The maximum absolute atomic E-state index is 11.5. The highest BCUT2D eigenvalue weighted by atomic mass is 16.7. The van der Waals surface area contributed by atoms with E-state index in [9.17, 15) is 4.79 Å². The third kappa shape index (κ3) is 3.58. The summed E-state index contributed by atoms with van der Waals surface area (Å²) in [7, 11) is 0. The van der Waals surface area contributed by atoms with Gasteiger partial charge in [-0.25, -0.2) is 4.79 Å². The fraction of sp³-hybridized carbons (Fsp3) is 0.0667. The predicted molar refractivity (Wildman–Crippen MR) is 69.0 cm³/mol. The maximum atomic E-state index is 11.5. The molecule has 94 valence electrons. The zero-order chi connectivity index (χ0) is 13.7. The molecule has 0 bridgehead atoms. The first kappa shape index (κ1) is 12.7. The first-order chi connectivity index (χ1) is 9.17. The number of benzene rings is 2. The lowest BCUT2D eigenvalue weighted by molar-refractivity contribution is 0.152. The fourth-order valence-corrected chi connectivity index (χ4v) is 1.42. The molecule has 0 unspecified atom stereocenters. The summed E-state index contributed by atoms with van der Waals surface area (Å²) < 4.78 is 9.98. The molecule has 0 heterocycles. The van der Waals surface area contributed by atoms with Crippen LogP contribution in [0.5, 0.6) is 11.5 Å². The lowest BCUT2D eigenvalue weighted by Gasteiger charge is -2.05. The van der Waals surface area contributed by atoms with Gasteiger partial charge in [0.15, 0.2) is 0 Å². The second kappa shape index (κ2) is 5.69. The van der Waals surface area contributed by atoms with Gasteiger partial charge in [-0.3, -0.25) is 0 Å². The molecule has 0 radical (unpaired) electrons. The SMILES string of the molecule is Cc1ccc(OC(=O)Oc2ccc(C#N)cc2)cc1. The van der Waals surface area contributed by atoms with Crippen LogP contribution >= 0.6 is 0 Å². The third-order valence-corrected chi connectivity index (χ3v) is 2.41. The van der Waals surface area contributed by atoms with E-state index in [1.165, 1.54) is 12.1 Å². The van der Waals surface area contributed by atoms with Gasteiger partial charge in [-0.1, -0.05) is 17.7 Å². The van der Waals surface area contributed by atoms with Crippen LogP contribution in [0.25, 0.3) is 0 Å². The second-order valence-corrected chi connectivity index (χ2v) is 3.90. The predicted octanol–water partition coefficient (Wildman–Crippen LogP) is 3.44. The number of nitrogens with zero attached hydrogens (tertiary/aromatic N) is 1. The quantitative estimate of drug-likeness (QED) is 0.607. The molecule has 0 saturated heterocycles. The molecule has 0 atom stereocenters. The zero-order valence-electron chi connectivity index (χ0n) is 10.3. The van der Waals surface area contributed by atoms with Crippen molar-refractivity contribution >= 4 is 6.16 Å². The Kier molecular flexibility index (Phi) is 3.79. The third-order valence-electron chi connectivity index (χ3n) is 2.41. The van der Waals surface area contributed by atoms with Crippen molar-refractivity contribution < 1.29 is 14.3 Å². The number of hydrogen-bond donors (Lipinski definition) is 0. The van der Waals surface area contributed by atoms with Crippen molar-refractivity contribution in [2.45, 2.75) is 6.92 Å². The highest BCUT2D eigenvalue weighted by molar-refractivity contribution is 5.67. The lowest BCUT2D eigenvalue weighted by atomic mass is 10.2. The van der Waals surface area contributed by atoms with Crippen LogP contribution in [-0.2, 0) is 0 Å². The molecular weight excluding hydrogens is 242 g/mol. The van der Waals surface area contributed by atoms with Crippen molar-refractivity contribution in [3.8, 4) is 17.6 Å². The summed E-state index contributed by atoms with van der Waals surface area (Å²) in [6.07, 6.45) is -0.812. The molecule has 0 aliphatic carbocycles. The number of carbonyl (C=O) groups excluding carboxylic acids is 1. The van der Waals surface area contributed by atoms with Crippen LogP contribution in [0.2, 0.25) is 0 Å². The number of hydrogen-bond acceptors (Lipinski definition) is 4. The Balaban J connectivity index is 1.97. The van der Waals surface area contributed by atoms with Crippen molar-refractivity contribution in [1.82, 2.24) is 0 Å². The van der Waals surface area contributed by atoms with E-state index in [1.54, 1.807) is 24.3 Å². The largest absolute Gasteiger partial charge is 0.519 e. The van der Waals surface area contributed by atoms with Gasteiger partial charge in [0.1, 0.15) is 11.5 Å². The van der Waals surface area contributed by atoms with Gasteiger partial charge in [0.25, 0.3) is 0 Å². The fourth-order valence-electron chi connectivity index (χ4n) is 1.42. The van der Waals surface area contributed by atoms with Gasteiger partial charge in [-0.2, -0.15) is 5.26 Å². The van der Waals surface area contributed by atoms with Crippen molar-refractivity contribution in [3.63, 3.8) is 0 Å². The van der Waals surface area contributed by atoms with Gasteiger partial charge in [0.2, 0.25) is 0 Å². The zero-order valence-corrected chi connectivity index (χ0v) is 10.3. The molecular formula is C15H11NO3. The van der Waals surface area contributed by atoms with Crippen LogP contribution < -0.4 is 9.47 Å². The molecule has 0 spiro atoms. The van der Waals surface area contributed by atoms with Crippen LogP contribution in [-0.4, -0.2) is 6.16 Å². The molecule has 19 heavy (non-hydrogen) atoms. The van der Waals surface area contributed by atoms with Gasteiger partial charge in [0.05, 0.1) is 11.6 Å². The minimum Gasteiger partial charge on any atom is -0.395 e. The molecule has 0 aromatic heterocycles. The Morgan fingerprint density at radius 3 is 1.89 bits per heavy atom. The Labute approximate surface area is 110 Å². The smallest absolute Gasteiger partial charge is 0.395 e. The highest BCUT2D eigenvalue weighted by Crippen LogP contribution is 2.15. The van der Waals surface area contributed by atoms with E-state index in [0.717, 1.165) is 5.56 Å². The summed E-state index contributed by atoms with van der Waals surface area (Å²) >= 11 is 0. The number of rotatable bonds is 2. The number of carbonyl (C=O) groups is 1. The molecule has 2 aromatic rings. The van der Waals surface area contributed by atoms with Gasteiger partial charge < -0.3 is 9.47 Å². The molecule has 2 aromatic carbocycles. The minimum absolute atomic E-state index is 0.330. The average Bonchev–Trinajstić information content (AvgIpc) is 2.42. The summed E-state index contributed by atoms with van der Waals surface area (Å²) in [5.74, 6) is 0.750. The summed E-state index contributed by atoms with van der Waals surface area (Å²) in [4.78, 5) is 11.5. The van der Waals surface area contributed by atoms with E-state index in [4.69, 9.17) is 14.7 Å². The lowest BCUT2D eigenvalue weighted by Crippen LogP contribution is -2.13. The van der Waals surface area contributed by atoms with Crippen LogP contribution in [0.1, 0.15) is 11.1 Å². The van der Waals surface area contributed by atoms with E-state index in [0.29, 0.717) is 17.1 Å². The van der Waals surface area contributed by atoms with Gasteiger partial charge >= 0.3 is 6.16 Å². The Hall–Kier alpha value is -2.80. The monoisotopic (exact) mass is 253 g/mol. The van der Waals surface area contributed by atoms with E-state index < -0.39 is 6.16 Å². The van der Waals surface area contributed by atoms with Gasteiger partial charge in [-0.15, -0.1) is 0 Å². The molecule has 0 saturated carbocycles. The van der Waals surface area contributed by atoms with Gasteiger partial charge in [-0.05, 0) is 43.3 Å². The molecule has 0 aliphatic rings. The molecule has 0 N–H and O–H groups in total. The molecule has 0 aliphatic heterocycles. The van der Waals surface area contributed by atoms with E-state index in [-0.39, 0.29) is 0 Å². The average molecular weight is 253 g/mol. The molecule has 0 fully saturated rings. The first-order valence-electron chi connectivity index (χ1n) is 5.64. The van der Waals surface area contributed by atoms with Crippen molar-refractivity contribution in [2.24, 2.45) is 0 Å². The molecule has 0 amide bonds. The molecule has 2 rings (SSSR count). The van der Waals surface area contributed by atoms with Gasteiger partial charge in [0, 0.05) is 0 Å². The first-order valence-corrected chi connectivity index (χ1v) is 5.64. The summed E-state index contributed by atoms with van der Waals surface area (Å²) in [5, 5.41) is 8.65. The number of ether oxygens (including phenoxy) is 2. The Bertz CT molecular complexity index is 609. The van der Waals surface area contributed by atoms with Crippen molar-refractivity contribution in [1.29, 1.82) is 5.26 Å². The second-order valence-electron chi connectivity index (χ2n) is 3.90. The van der Waals surface area contributed by atoms with E-state index in [2.05, 4.69) is 0 Å². The summed E-state index contributed by atoms with van der Waals surface area (Å²) in [6.45, 7) is 1.94. The maximum Gasteiger partial charge on any atom is 0.519 e. The van der Waals surface area contributed by atoms with Crippen LogP contribution in [0.15, 0.2) is 48.5 Å². The topological polar surface area (TPSA) is 59.3 Å². The summed E-state index contributed by atoms with van der Waals surface area (Å²) in [6, 6.07) is 15.2. The van der Waals surface area contributed by atoms with Crippen LogP contribution in [0.3, 0.4) is 0 Å². The normalized spacial score (nSPS) is 9.47. The minimum atomic E-state index is -0.812. The summed E-state index contributed by atoms with van der Waals surface area (Å²) in [5.41, 5.74) is 1.58. The highest BCUT2D eigenvalue weighted by Gasteiger charge is 2.07. The standard InChI is InChI=1S/C15H11NO3/c1-11-2-6-13(7-3-11)18-15(17)19-14-8-4-12(10-16)5-9-14/h2-9H,1H3. The Morgan fingerprint density at radius 2 is 1.42 bits per heavy atom. The number of nitriles is 1.